The van der Waals surface area contributed by atoms with Gasteiger partial charge in [0.05, 0.1) is 54.1 Å². The molecule has 0 aliphatic carbocycles. The number of nitrogens with zero attached hydrogens (tertiary/aromatic N) is 6. The predicted octanol–water partition coefficient (Wildman–Crippen LogP) is 5.59. The van der Waals surface area contributed by atoms with E-state index >= 15 is 0 Å². The summed E-state index contributed by atoms with van der Waals surface area (Å²) < 4.78 is 11.5. The Kier molecular flexibility index (Phi) is 10.7. The molecule has 56 heavy (non-hydrogen) atoms. The Labute approximate surface area is 324 Å². The maximum absolute atomic E-state index is 13.7. The first-order valence-corrected chi connectivity index (χ1v) is 19.2. The lowest BCUT2D eigenvalue weighted by Crippen LogP contribution is -2.51. The second-order valence-corrected chi connectivity index (χ2v) is 15.4. The summed E-state index contributed by atoms with van der Waals surface area (Å²) in [4.78, 5) is 76.7. The maximum atomic E-state index is 13.7. The molecule has 16 nitrogen and oxygen atoms in total. The van der Waals surface area contributed by atoms with Gasteiger partial charge >= 0.3 is 12.2 Å². The summed E-state index contributed by atoms with van der Waals surface area (Å²) in [5.74, 6) is 1.64. The van der Waals surface area contributed by atoms with Gasteiger partial charge in [-0.1, -0.05) is 33.8 Å². The number of aromatic amines is 2. The van der Waals surface area contributed by atoms with Crippen molar-refractivity contribution in [3.63, 3.8) is 0 Å². The number of aromatic nitrogens is 6. The highest BCUT2D eigenvalue weighted by molar-refractivity contribution is 5.88. The first-order valence-electron chi connectivity index (χ1n) is 19.2. The van der Waals surface area contributed by atoms with Crippen LogP contribution in [-0.4, -0.2) is 103 Å². The molecule has 0 bridgehead atoms. The van der Waals surface area contributed by atoms with Gasteiger partial charge < -0.3 is 44.4 Å². The van der Waals surface area contributed by atoms with Gasteiger partial charge in [0, 0.05) is 37.5 Å². The van der Waals surface area contributed by atoms with E-state index in [0.29, 0.717) is 24.7 Å². The van der Waals surface area contributed by atoms with Gasteiger partial charge in [0.25, 0.3) is 0 Å². The summed E-state index contributed by atoms with van der Waals surface area (Å²) in [7, 11) is 4.53. The first-order chi connectivity index (χ1) is 26.9. The molecular weight excluding hydrogens is 717 g/mol. The highest BCUT2D eigenvalue weighted by atomic mass is 16.5. The van der Waals surface area contributed by atoms with Crippen LogP contribution in [-0.2, 0) is 26.1 Å². The molecule has 16 heteroatoms. The number of hydrogen-bond donors (Lipinski definition) is 4. The van der Waals surface area contributed by atoms with Crippen LogP contribution in [0.5, 0.6) is 0 Å². The van der Waals surface area contributed by atoms with Crippen LogP contribution in [0.3, 0.4) is 0 Å². The van der Waals surface area contributed by atoms with Crippen molar-refractivity contribution in [3.05, 3.63) is 54.2 Å². The number of amides is 4. The topological polar surface area (TPSA) is 192 Å². The Balaban J connectivity index is 1.10. The average molecular weight is 767 g/mol. The highest BCUT2D eigenvalue weighted by Crippen LogP contribution is 2.36. The Hall–Kier alpha value is -5.93. The minimum absolute atomic E-state index is 0.120. The molecule has 0 radical (unpaired) electrons. The van der Waals surface area contributed by atoms with E-state index in [1.165, 1.54) is 14.2 Å². The molecule has 2 fully saturated rings. The van der Waals surface area contributed by atoms with Gasteiger partial charge in [-0.25, -0.2) is 24.5 Å². The molecule has 0 unspecified atom stereocenters. The van der Waals surface area contributed by atoms with E-state index in [0.717, 1.165) is 70.4 Å². The van der Waals surface area contributed by atoms with Crippen LogP contribution < -0.4 is 10.6 Å². The molecule has 4 atom stereocenters. The van der Waals surface area contributed by atoms with Crippen LogP contribution >= 0.6 is 0 Å². The van der Waals surface area contributed by atoms with Crippen molar-refractivity contribution in [2.24, 2.45) is 18.9 Å². The number of likely N-dealkylation sites (tertiary alicyclic amines) is 2. The number of carbonyl (C=O) groups excluding carboxylic acids is 4. The normalized spacial score (nSPS) is 18.2. The molecule has 4 N–H and O–H groups in total. The Bertz CT molecular complexity index is 2270. The molecule has 2 aliphatic rings. The van der Waals surface area contributed by atoms with Gasteiger partial charge in [0.1, 0.15) is 29.6 Å². The first kappa shape index (κ1) is 38.3. The number of hydrogen-bond acceptors (Lipinski definition) is 9. The van der Waals surface area contributed by atoms with E-state index in [2.05, 4.69) is 20.6 Å². The lowest BCUT2D eigenvalue weighted by atomic mass is 10.0. The van der Waals surface area contributed by atoms with Crippen molar-refractivity contribution in [1.82, 2.24) is 49.9 Å². The number of ether oxygens (including phenoxy) is 2. The molecule has 3 aromatic heterocycles. The number of imidazole rings is 3. The fourth-order valence-electron chi connectivity index (χ4n) is 7.93. The van der Waals surface area contributed by atoms with E-state index in [1.807, 2.05) is 81.9 Å². The van der Waals surface area contributed by atoms with E-state index in [1.54, 1.807) is 9.80 Å². The van der Waals surface area contributed by atoms with E-state index in [9.17, 15) is 19.2 Å². The number of aryl methyl sites for hydroxylation is 1. The molecule has 296 valence electrons. The maximum Gasteiger partial charge on any atom is 0.407 e. The Morgan fingerprint density at radius 2 is 1.18 bits per heavy atom. The third-order valence-electron chi connectivity index (χ3n) is 10.9. The van der Waals surface area contributed by atoms with Gasteiger partial charge in [0.2, 0.25) is 11.8 Å². The van der Waals surface area contributed by atoms with E-state index in [4.69, 9.17) is 24.4 Å². The number of carbonyl (C=O) groups is 4. The number of rotatable bonds is 10. The van der Waals surface area contributed by atoms with Crippen LogP contribution in [0, 0.1) is 11.8 Å². The number of alkyl carbamates (subject to hydrolysis) is 2. The molecule has 7 rings (SSSR count). The molecule has 0 spiro atoms. The summed E-state index contributed by atoms with van der Waals surface area (Å²) >= 11 is 0. The second-order valence-electron chi connectivity index (χ2n) is 15.4. The van der Waals surface area contributed by atoms with Crippen LogP contribution in [0.25, 0.3) is 44.7 Å². The standard InChI is InChI=1S/C40H50N10O6/c1-21(2)32(46-39(53)55-6)37(51)49-16-8-10-30(49)34-41-25-14-12-23(18-27(25)43-34)29-20-48(5)36(45-29)24-13-15-26-28(19-24)44-35(42-26)31-11-9-17-50(31)38(52)33(22(3)4)47-40(54)56-7/h12-15,18-22,30-33H,8-11,16-17H2,1-7H3,(H,41,43)(H,42,44)(H,46,53)(H,47,54)/t30-,31-,32-,33-/m0/s1. The fourth-order valence-corrected chi connectivity index (χ4v) is 7.93. The van der Waals surface area contributed by atoms with Gasteiger partial charge in [-0.2, -0.15) is 0 Å². The Morgan fingerprint density at radius 3 is 1.64 bits per heavy atom. The van der Waals surface area contributed by atoms with Crippen molar-refractivity contribution in [1.29, 1.82) is 0 Å². The number of fused-ring (bicyclic) bond motifs is 2. The third-order valence-corrected chi connectivity index (χ3v) is 10.9. The molecule has 5 aromatic rings. The number of methoxy groups -OCH3 is 2. The summed E-state index contributed by atoms with van der Waals surface area (Å²) in [6.07, 6.45) is 3.91. The van der Waals surface area contributed by atoms with Gasteiger partial charge in [-0.05, 0) is 67.9 Å². The zero-order chi connectivity index (χ0) is 39.8. The summed E-state index contributed by atoms with van der Waals surface area (Å²) in [5, 5.41) is 5.40. The number of nitrogens with one attached hydrogen (secondary N) is 4. The van der Waals surface area contributed by atoms with Crippen LogP contribution in [0.15, 0.2) is 42.6 Å². The third kappa shape index (κ3) is 7.39. The summed E-state index contributed by atoms with van der Waals surface area (Å²) in [5.41, 5.74) is 5.85. The summed E-state index contributed by atoms with van der Waals surface area (Å²) in [6, 6.07) is 10.1. The quantitative estimate of drug-likeness (QED) is 0.140. The molecule has 2 saturated heterocycles. The molecule has 2 aliphatic heterocycles. The molecule has 2 aromatic carbocycles. The predicted molar refractivity (Wildman–Crippen MR) is 209 cm³/mol. The van der Waals surface area contributed by atoms with Gasteiger partial charge in [-0.3, -0.25) is 9.59 Å². The van der Waals surface area contributed by atoms with E-state index in [-0.39, 0.29) is 35.7 Å². The van der Waals surface area contributed by atoms with Gasteiger partial charge in [-0.15, -0.1) is 0 Å². The monoisotopic (exact) mass is 766 g/mol. The van der Waals surface area contributed by atoms with Crippen molar-refractivity contribution >= 4 is 46.1 Å². The van der Waals surface area contributed by atoms with Crippen LogP contribution in [0.1, 0.15) is 77.1 Å². The largest absolute Gasteiger partial charge is 0.453 e. The lowest BCUT2D eigenvalue weighted by molar-refractivity contribution is -0.136. The van der Waals surface area contributed by atoms with Crippen molar-refractivity contribution in [2.75, 3.05) is 27.3 Å². The molecule has 5 heterocycles. The lowest BCUT2D eigenvalue weighted by Gasteiger charge is -2.29. The fraction of sp³-hybridized carbons (Fsp3) is 0.475. The SMILES string of the molecule is COC(=O)N[C@H](C(=O)N1CCC[C@H]1c1nc2ccc(-c3cn(C)c(-c4ccc5nc([C@@H]6CCCN6C(=O)[C@@H](NC(=O)OC)C(C)C)[nH]c5c4)n3)cc2[nH]1)C(C)C. The Morgan fingerprint density at radius 1 is 0.714 bits per heavy atom. The zero-order valence-electron chi connectivity index (χ0n) is 32.9. The van der Waals surface area contributed by atoms with Crippen molar-refractivity contribution in [2.45, 2.75) is 77.5 Å². The smallest absolute Gasteiger partial charge is 0.407 e. The highest BCUT2D eigenvalue weighted by Gasteiger charge is 2.39. The molecular formula is C40H50N10O6. The van der Waals surface area contributed by atoms with Crippen LogP contribution in [0.4, 0.5) is 9.59 Å². The van der Waals surface area contributed by atoms with Crippen molar-refractivity contribution < 1.29 is 28.7 Å². The van der Waals surface area contributed by atoms with Gasteiger partial charge in [0.15, 0.2) is 0 Å². The van der Waals surface area contributed by atoms with E-state index < -0.39 is 24.3 Å². The molecule has 0 saturated carbocycles. The van der Waals surface area contributed by atoms with Crippen LogP contribution in [0.2, 0.25) is 0 Å². The van der Waals surface area contributed by atoms with Crippen molar-refractivity contribution in [3.8, 4) is 22.6 Å². The second kappa shape index (κ2) is 15.7. The minimum atomic E-state index is -0.707. The average Bonchev–Trinajstić information content (AvgIpc) is 4.03. The summed E-state index contributed by atoms with van der Waals surface area (Å²) in [6.45, 7) is 8.74. The number of H-pyrrole nitrogens is 2. The number of benzene rings is 2. The zero-order valence-corrected chi connectivity index (χ0v) is 32.9. The molecule has 4 amide bonds. The minimum Gasteiger partial charge on any atom is -0.453 e.